The van der Waals surface area contributed by atoms with Crippen LogP contribution in [0.3, 0.4) is 0 Å². The van der Waals surface area contributed by atoms with Gasteiger partial charge in [0, 0.05) is 34.2 Å². The quantitative estimate of drug-likeness (QED) is 0.148. The molecule has 1 aliphatic carbocycles. The summed E-state index contributed by atoms with van der Waals surface area (Å²) in [5.41, 5.74) is 14.3. The minimum absolute atomic E-state index is 0.239. The van der Waals surface area contributed by atoms with E-state index in [-0.39, 0.29) is 6.04 Å². The van der Waals surface area contributed by atoms with E-state index in [2.05, 4.69) is 252 Å². The first-order valence-electron chi connectivity index (χ1n) is 21.6. The third kappa shape index (κ3) is 6.03. The Labute approximate surface area is 362 Å². The van der Waals surface area contributed by atoms with Gasteiger partial charge in [0.25, 0.3) is 0 Å². The summed E-state index contributed by atoms with van der Waals surface area (Å²) in [7, 11) is 0. The average molecular weight is 791 g/mol. The predicted molar refractivity (Wildman–Crippen MR) is 263 cm³/mol. The Hall–Kier alpha value is -7.94. The molecule has 0 radical (unpaired) electrons. The van der Waals surface area contributed by atoms with E-state index in [1.165, 1.54) is 82.6 Å². The monoisotopic (exact) mass is 790 g/mol. The van der Waals surface area contributed by atoms with Crippen LogP contribution in [0.2, 0.25) is 0 Å². The zero-order valence-electron chi connectivity index (χ0n) is 34.1. The number of para-hydroxylation sites is 2. The molecule has 0 saturated carbocycles. The molecule has 62 heavy (non-hydrogen) atoms. The molecule has 10 aromatic rings. The average Bonchev–Trinajstić information content (AvgIpc) is 3.69. The van der Waals surface area contributed by atoms with E-state index in [1.807, 2.05) is 0 Å². The van der Waals surface area contributed by atoms with Crippen LogP contribution in [0, 0.1) is 0 Å². The molecule has 0 fully saturated rings. The number of benzene rings is 10. The highest BCUT2D eigenvalue weighted by Gasteiger charge is 2.37. The first kappa shape index (κ1) is 36.0. The molecule has 1 heterocycles. The van der Waals surface area contributed by atoms with Crippen molar-refractivity contribution in [2.45, 2.75) is 12.0 Å². The molecular weight excluding hydrogens is 749 g/mol. The number of anilines is 5. The number of hydrogen-bond donors (Lipinski definition) is 0. The van der Waals surface area contributed by atoms with Gasteiger partial charge in [0.15, 0.2) is 0 Å². The Bertz CT molecular complexity index is 3360. The van der Waals surface area contributed by atoms with Crippen molar-refractivity contribution in [3.05, 3.63) is 248 Å². The first-order valence-corrected chi connectivity index (χ1v) is 21.6. The second-order valence-electron chi connectivity index (χ2n) is 16.4. The molecule has 0 amide bonds. The minimum atomic E-state index is 0.239. The zero-order chi connectivity index (χ0) is 41.0. The summed E-state index contributed by atoms with van der Waals surface area (Å²) >= 11 is 0. The van der Waals surface area contributed by atoms with Gasteiger partial charge >= 0.3 is 0 Å². The van der Waals surface area contributed by atoms with Crippen LogP contribution >= 0.6 is 0 Å². The maximum Gasteiger partial charge on any atom is 0.0629 e. The fourth-order valence-electron chi connectivity index (χ4n) is 10.1. The summed E-state index contributed by atoms with van der Waals surface area (Å²) in [6, 6.07) is 80.4. The standard InChI is InChI=1S/C60H42N2/c1-3-15-41(16-4-1)51-21-9-12-24-58(51)61(47-34-29-45-31-36-52-49-20-8-7-19-43(49)30-37-53(52)57(45)39-47)46-32-27-44(28-33-46)50-38-35-48(40-56(50)42-17-5-2-6-18-42)62-59-25-13-10-22-54(59)55-23-11-14-26-60(55)62/h1-40,54,59H. The van der Waals surface area contributed by atoms with Crippen molar-refractivity contribution in [3.63, 3.8) is 0 Å². The van der Waals surface area contributed by atoms with Crippen molar-refractivity contribution in [2.75, 3.05) is 9.80 Å². The van der Waals surface area contributed by atoms with Crippen LogP contribution in [0.5, 0.6) is 0 Å². The van der Waals surface area contributed by atoms with Gasteiger partial charge in [-0.2, -0.15) is 0 Å². The molecule has 1 aliphatic heterocycles. The van der Waals surface area contributed by atoms with Gasteiger partial charge in [0.1, 0.15) is 0 Å². The summed E-state index contributed by atoms with van der Waals surface area (Å²) in [6.45, 7) is 0. The van der Waals surface area contributed by atoms with Crippen molar-refractivity contribution < 1.29 is 0 Å². The van der Waals surface area contributed by atoms with E-state index < -0.39 is 0 Å². The fraction of sp³-hybridized carbons (Fsp3) is 0.0333. The van der Waals surface area contributed by atoms with Crippen LogP contribution in [0.1, 0.15) is 11.5 Å². The Morgan fingerprint density at radius 2 is 0.984 bits per heavy atom. The van der Waals surface area contributed by atoms with Gasteiger partial charge in [-0.3, -0.25) is 0 Å². The van der Waals surface area contributed by atoms with Crippen molar-refractivity contribution >= 4 is 60.8 Å². The lowest BCUT2D eigenvalue weighted by atomic mass is 9.91. The summed E-state index contributed by atoms with van der Waals surface area (Å²) in [4.78, 5) is 4.95. The molecule has 2 heteroatoms. The van der Waals surface area contributed by atoms with Gasteiger partial charge in [-0.05, 0) is 114 Å². The molecule has 0 saturated heterocycles. The molecular formula is C60H42N2. The van der Waals surface area contributed by atoms with Gasteiger partial charge in [0.2, 0.25) is 0 Å². The number of fused-ring (bicyclic) bond motifs is 8. The summed E-state index contributed by atoms with van der Waals surface area (Å²) in [5.74, 6) is 0.333. The number of nitrogens with zero attached hydrogens (tertiary/aromatic N) is 2. The molecule has 2 atom stereocenters. The van der Waals surface area contributed by atoms with Crippen LogP contribution in [-0.4, -0.2) is 6.04 Å². The molecule has 12 rings (SSSR count). The van der Waals surface area contributed by atoms with E-state index >= 15 is 0 Å². The van der Waals surface area contributed by atoms with E-state index in [0.717, 1.165) is 17.1 Å². The van der Waals surface area contributed by atoms with E-state index in [9.17, 15) is 0 Å². The molecule has 0 bridgehead atoms. The maximum atomic E-state index is 2.52. The van der Waals surface area contributed by atoms with Crippen molar-refractivity contribution in [1.82, 2.24) is 0 Å². The lowest BCUT2D eigenvalue weighted by Crippen LogP contribution is -2.28. The highest BCUT2D eigenvalue weighted by Crippen LogP contribution is 2.49. The molecule has 0 aromatic heterocycles. The van der Waals surface area contributed by atoms with E-state index in [4.69, 9.17) is 0 Å². The normalized spacial score (nSPS) is 15.3. The van der Waals surface area contributed by atoms with Crippen LogP contribution < -0.4 is 9.80 Å². The van der Waals surface area contributed by atoms with Crippen LogP contribution in [-0.2, 0) is 0 Å². The van der Waals surface area contributed by atoms with E-state index in [1.54, 1.807) is 0 Å². The minimum Gasteiger partial charge on any atom is -0.333 e. The van der Waals surface area contributed by atoms with Gasteiger partial charge in [-0.15, -0.1) is 0 Å². The molecule has 2 nitrogen and oxygen atoms in total. The van der Waals surface area contributed by atoms with Gasteiger partial charge in [0.05, 0.1) is 11.7 Å². The SMILES string of the molecule is C1=CC2c3ccccc3N(c3ccc(-c4ccc(N(c5ccc6ccc7c8ccccc8ccc7c6c5)c5ccccc5-c5ccccc5)cc4)c(-c4ccccc4)c3)C2C=C1. The summed E-state index contributed by atoms with van der Waals surface area (Å²) < 4.78 is 0. The zero-order valence-corrected chi connectivity index (χ0v) is 34.1. The van der Waals surface area contributed by atoms with Crippen LogP contribution in [0.15, 0.2) is 243 Å². The lowest BCUT2D eigenvalue weighted by molar-refractivity contribution is 0.745. The molecule has 10 aromatic carbocycles. The molecule has 0 spiro atoms. The molecule has 0 N–H and O–H groups in total. The summed E-state index contributed by atoms with van der Waals surface area (Å²) in [6.07, 6.45) is 9.08. The highest BCUT2D eigenvalue weighted by molar-refractivity contribution is 6.18. The molecule has 292 valence electrons. The smallest absolute Gasteiger partial charge is 0.0629 e. The van der Waals surface area contributed by atoms with Crippen LogP contribution in [0.25, 0.3) is 65.7 Å². The number of rotatable bonds is 7. The fourth-order valence-corrected chi connectivity index (χ4v) is 10.1. The van der Waals surface area contributed by atoms with Crippen LogP contribution in [0.4, 0.5) is 28.4 Å². The second kappa shape index (κ2) is 15.0. The van der Waals surface area contributed by atoms with Gasteiger partial charge < -0.3 is 9.80 Å². The van der Waals surface area contributed by atoms with Crippen molar-refractivity contribution in [3.8, 4) is 33.4 Å². The Balaban J connectivity index is 1.00. The largest absolute Gasteiger partial charge is 0.333 e. The third-order valence-electron chi connectivity index (χ3n) is 13.0. The number of hydrogen-bond acceptors (Lipinski definition) is 2. The maximum absolute atomic E-state index is 2.52. The first-order chi connectivity index (χ1) is 30.8. The highest BCUT2D eigenvalue weighted by atomic mass is 15.2. The third-order valence-corrected chi connectivity index (χ3v) is 13.0. The Kier molecular flexibility index (Phi) is 8.67. The van der Waals surface area contributed by atoms with E-state index in [0.29, 0.717) is 5.92 Å². The van der Waals surface area contributed by atoms with Crippen molar-refractivity contribution in [1.29, 1.82) is 0 Å². The van der Waals surface area contributed by atoms with Gasteiger partial charge in [-0.25, -0.2) is 0 Å². The van der Waals surface area contributed by atoms with Gasteiger partial charge in [-0.1, -0.05) is 194 Å². The second-order valence-corrected chi connectivity index (χ2v) is 16.4. The topological polar surface area (TPSA) is 6.48 Å². The predicted octanol–water partition coefficient (Wildman–Crippen LogP) is 16.3. The molecule has 2 aliphatic rings. The Morgan fingerprint density at radius 1 is 0.371 bits per heavy atom. The lowest BCUT2D eigenvalue weighted by Gasteiger charge is -2.30. The molecule has 2 unspecified atom stereocenters. The number of allylic oxidation sites excluding steroid dienone is 2. The van der Waals surface area contributed by atoms with Crippen molar-refractivity contribution in [2.24, 2.45) is 0 Å². The summed E-state index contributed by atoms with van der Waals surface area (Å²) in [5, 5.41) is 7.53. The Morgan fingerprint density at radius 3 is 1.81 bits per heavy atom.